The number of nitrogens with one attached hydrogen (secondary N) is 1. The van der Waals surface area contributed by atoms with Crippen LogP contribution in [-0.4, -0.2) is 140 Å². The summed E-state index contributed by atoms with van der Waals surface area (Å²) in [5, 5.41) is 85.8. The first-order valence-corrected chi connectivity index (χ1v) is 24.6. The molecule has 0 aliphatic carbocycles. The molecule has 2 aliphatic heterocycles. The van der Waals surface area contributed by atoms with Gasteiger partial charge in [-0.05, 0) is 32.1 Å². The highest BCUT2D eigenvalue weighted by Gasteiger charge is 2.51. The second-order valence-corrected chi connectivity index (χ2v) is 17.6. The molecule has 2 heterocycles. The molecule has 364 valence electrons. The van der Waals surface area contributed by atoms with Gasteiger partial charge in [0.1, 0.15) is 48.8 Å². The van der Waals surface area contributed by atoms with Crippen LogP contribution in [0.1, 0.15) is 181 Å². The summed E-state index contributed by atoms with van der Waals surface area (Å²) in [6.45, 7) is 2.50. The van der Waals surface area contributed by atoms with Crippen molar-refractivity contribution in [3.8, 4) is 0 Å². The van der Waals surface area contributed by atoms with Gasteiger partial charge in [-0.25, -0.2) is 0 Å². The minimum Gasteiger partial charge on any atom is -0.394 e. The van der Waals surface area contributed by atoms with Crippen LogP contribution in [0.5, 0.6) is 0 Å². The smallest absolute Gasteiger partial charge is 0.220 e. The summed E-state index contributed by atoms with van der Waals surface area (Å²) >= 11 is 0. The topological polar surface area (TPSA) is 228 Å². The van der Waals surface area contributed by atoms with Gasteiger partial charge in [0.25, 0.3) is 0 Å². The first kappa shape index (κ1) is 56.6. The maximum atomic E-state index is 12.7. The second kappa shape index (κ2) is 35.7. The van der Waals surface area contributed by atoms with Crippen molar-refractivity contribution in [2.45, 2.75) is 254 Å². The lowest BCUT2D eigenvalue weighted by Crippen LogP contribution is -2.65. The maximum absolute atomic E-state index is 12.7. The third-order valence-electron chi connectivity index (χ3n) is 12.1. The number of ether oxygens (including phenoxy) is 4. The zero-order valence-electron chi connectivity index (χ0n) is 38.4. The fourth-order valence-electron chi connectivity index (χ4n) is 8.05. The molecule has 2 fully saturated rings. The summed E-state index contributed by atoms with van der Waals surface area (Å²) in [7, 11) is 0. The van der Waals surface area contributed by atoms with Crippen LogP contribution in [0.25, 0.3) is 0 Å². The van der Waals surface area contributed by atoms with Crippen LogP contribution >= 0.6 is 0 Å². The number of rotatable bonds is 37. The largest absolute Gasteiger partial charge is 0.394 e. The van der Waals surface area contributed by atoms with Crippen molar-refractivity contribution in [3.05, 3.63) is 24.3 Å². The van der Waals surface area contributed by atoms with Crippen molar-refractivity contribution in [1.82, 2.24) is 5.32 Å². The van der Waals surface area contributed by atoms with Crippen LogP contribution in [0.2, 0.25) is 0 Å². The van der Waals surface area contributed by atoms with Gasteiger partial charge in [-0.2, -0.15) is 0 Å². The molecule has 2 aliphatic rings. The van der Waals surface area contributed by atoms with E-state index in [1.807, 2.05) is 13.0 Å². The number of hydrogen-bond acceptors (Lipinski definition) is 13. The van der Waals surface area contributed by atoms with Crippen LogP contribution in [0.3, 0.4) is 0 Å². The van der Waals surface area contributed by atoms with E-state index in [9.17, 15) is 45.6 Å². The zero-order valence-corrected chi connectivity index (χ0v) is 38.4. The fourth-order valence-corrected chi connectivity index (χ4v) is 8.05. The van der Waals surface area contributed by atoms with Gasteiger partial charge in [-0.15, -0.1) is 0 Å². The monoisotopic (exact) mass is 888 g/mol. The van der Waals surface area contributed by atoms with Crippen LogP contribution in [0.15, 0.2) is 24.3 Å². The number of unbranched alkanes of at least 4 members (excludes halogenated alkanes) is 22. The minimum atomic E-state index is -1.79. The Morgan fingerprint density at radius 3 is 1.56 bits per heavy atom. The Balaban J connectivity index is 1.64. The molecule has 14 heteroatoms. The van der Waals surface area contributed by atoms with Crippen molar-refractivity contribution in [2.75, 3.05) is 19.8 Å². The van der Waals surface area contributed by atoms with Crippen LogP contribution in [-0.2, 0) is 23.7 Å². The van der Waals surface area contributed by atoms with Gasteiger partial charge in [0.2, 0.25) is 5.91 Å². The Morgan fingerprint density at radius 1 is 0.565 bits per heavy atom. The van der Waals surface area contributed by atoms with E-state index in [1.54, 1.807) is 6.08 Å². The van der Waals surface area contributed by atoms with E-state index in [4.69, 9.17) is 18.9 Å². The molecule has 2 saturated heterocycles. The molecule has 0 radical (unpaired) electrons. The van der Waals surface area contributed by atoms with Gasteiger partial charge >= 0.3 is 0 Å². The summed E-state index contributed by atoms with van der Waals surface area (Å²) in [5.74, 6) is -0.285. The Labute approximate surface area is 373 Å². The van der Waals surface area contributed by atoms with Crippen molar-refractivity contribution < 1.29 is 64.6 Å². The third-order valence-corrected chi connectivity index (χ3v) is 12.1. The summed E-state index contributed by atoms with van der Waals surface area (Å²) in [6, 6.07) is -0.922. The quantitative estimate of drug-likeness (QED) is 0.0267. The Kier molecular flexibility index (Phi) is 32.6. The van der Waals surface area contributed by atoms with E-state index in [1.165, 1.54) is 128 Å². The highest BCUT2D eigenvalue weighted by atomic mass is 16.7. The lowest BCUT2D eigenvalue weighted by atomic mass is 9.97. The van der Waals surface area contributed by atoms with Gasteiger partial charge < -0.3 is 65.1 Å². The predicted octanol–water partition coefficient (Wildman–Crippen LogP) is 5.77. The lowest BCUT2D eigenvalue weighted by molar-refractivity contribution is -0.359. The molecular formula is C48H89NO13. The van der Waals surface area contributed by atoms with E-state index in [0.717, 1.165) is 19.3 Å². The highest BCUT2D eigenvalue weighted by molar-refractivity contribution is 5.76. The molecule has 2 rings (SSSR count). The molecular weight excluding hydrogens is 799 g/mol. The Hall–Kier alpha value is -1.53. The van der Waals surface area contributed by atoms with Gasteiger partial charge in [0.15, 0.2) is 12.6 Å². The molecule has 12 atom stereocenters. The summed E-state index contributed by atoms with van der Waals surface area (Å²) < 4.78 is 22.4. The molecule has 0 bridgehead atoms. The van der Waals surface area contributed by atoms with E-state index in [2.05, 4.69) is 24.4 Å². The van der Waals surface area contributed by atoms with Crippen LogP contribution < -0.4 is 5.32 Å². The molecule has 12 unspecified atom stereocenters. The van der Waals surface area contributed by atoms with Crippen LogP contribution in [0.4, 0.5) is 0 Å². The molecule has 0 spiro atoms. The van der Waals surface area contributed by atoms with E-state index >= 15 is 0 Å². The molecule has 62 heavy (non-hydrogen) atoms. The number of carbonyl (C=O) groups excluding carboxylic acids is 1. The Bertz CT molecular complexity index is 1140. The average molecular weight is 888 g/mol. The SMILES string of the molecule is CCCCCCCCCCCCCCCCCCCCCC/C=C/CC/C=C/C(O)C(COC1OC(CO)C(OC2OC(CO)C(O)C(O)C2O)C(O)C1O)NC(=O)CCCC. The number of hydrogen-bond donors (Lipinski definition) is 9. The Morgan fingerprint density at radius 2 is 1.03 bits per heavy atom. The van der Waals surface area contributed by atoms with Crippen LogP contribution in [0, 0.1) is 0 Å². The van der Waals surface area contributed by atoms with Crippen molar-refractivity contribution >= 4 is 5.91 Å². The number of aliphatic hydroxyl groups is 8. The molecule has 9 N–H and O–H groups in total. The normalized spacial score (nSPS) is 27.9. The summed E-state index contributed by atoms with van der Waals surface area (Å²) in [5.41, 5.74) is 0. The summed E-state index contributed by atoms with van der Waals surface area (Å²) in [4.78, 5) is 12.7. The molecule has 0 aromatic carbocycles. The van der Waals surface area contributed by atoms with Gasteiger partial charge in [0, 0.05) is 6.42 Å². The number of allylic oxidation sites excluding steroid dienone is 3. The van der Waals surface area contributed by atoms with E-state index < -0.39 is 86.8 Å². The van der Waals surface area contributed by atoms with Gasteiger partial charge in [-0.3, -0.25) is 4.79 Å². The number of amides is 1. The molecule has 0 aromatic heterocycles. The standard InChI is InChI=1S/C48H89NO13/c1-3-5-7-8-9-10-11-12-13-14-15-16-17-18-19-20-21-22-23-24-25-26-27-28-29-30-31-37(52)36(49-40(53)32-6-4-2)35-59-47-45(58)43(56)46(39(34-51)61-47)62-48-44(57)42(55)41(54)38(33-50)60-48/h26-27,30-31,36-39,41-48,50-52,54-58H,3-25,28-29,32-35H2,1-2H3,(H,49,53)/b27-26+,31-30+. The number of aliphatic hydroxyl groups excluding tert-OH is 8. The minimum absolute atomic E-state index is 0.249. The van der Waals surface area contributed by atoms with Crippen molar-refractivity contribution in [2.24, 2.45) is 0 Å². The summed E-state index contributed by atoms with van der Waals surface area (Å²) in [6.07, 6.45) is 22.5. The first-order valence-electron chi connectivity index (χ1n) is 24.6. The lowest BCUT2D eigenvalue weighted by Gasteiger charge is -2.46. The molecule has 0 aromatic rings. The number of carbonyl (C=O) groups is 1. The van der Waals surface area contributed by atoms with E-state index in [-0.39, 0.29) is 18.9 Å². The zero-order chi connectivity index (χ0) is 45.4. The van der Waals surface area contributed by atoms with Gasteiger partial charge in [-0.1, -0.05) is 167 Å². The second-order valence-electron chi connectivity index (χ2n) is 17.6. The molecule has 14 nitrogen and oxygen atoms in total. The van der Waals surface area contributed by atoms with Crippen molar-refractivity contribution in [1.29, 1.82) is 0 Å². The third kappa shape index (κ3) is 23.1. The van der Waals surface area contributed by atoms with Gasteiger partial charge in [0.05, 0.1) is 32.0 Å². The first-order chi connectivity index (χ1) is 30.1. The van der Waals surface area contributed by atoms with Crippen molar-refractivity contribution in [3.63, 3.8) is 0 Å². The highest BCUT2D eigenvalue weighted by Crippen LogP contribution is 2.30. The molecule has 0 saturated carbocycles. The maximum Gasteiger partial charge on any atom is 0.220 e. The molecule has 1 amide bonds. The average Bonchev–Trinajstić information content (AvgIpc) is 3.27. The predicted molar refractivity (Wildman–Crippen MR) is 240 cm³/mol. The van der Waals surface area contributed by atoms with E-state index in [0.29, 0.717) is 12.8 Å². The fraction of sp³-hybridized carbons (Fsp3) is 0.896.